The van der Waals surface area contributed by atoms with Crippen molar-refractivity contribution in [3.63, 3.8) is 0 Å². The van der Waals surface area contributed by atoms with Gasteiger partial charge >= 0.3 is 0 Å². The maximum absolute atomic E-state index is 11.5. The van der Waals surface area contributed by atoms with Crippen LogP contribution in [0.3, 0.4) is 0 Å². The van der Waals surface area contributed by atoms with Crippen LogP contribution in [-0.4, -0.2) is 28.5 Å². The van der Waals surface area contributed by atoms with Crippen LogP contribution in [0.5, 0.6) is 11.6 Å². The number of hydrogen-bond donors (Lipinski definition) is 1. The molecule has 2 N–H and O–H groups in total. The van der Waals surface area contributed by atoms with E-state index in [1.54, 1.807) is 20.4 Å². The van der Waals surface area contributed by atoms with Crippen molar-refractivity contribution in [1.82, 2.24) is 14.8 Å². The number of pyridine rings is 1. The first kappa shape index (κ1) is 14.4. The summed E-state index contributed by atoms with van der Waals surface area (Å²) in [4.78, 5) is 15.9. The number of hydrogen-bond acceptors (Lipinski definition) is 6. The van der Waals surface area contributed by atoms with Crippen LogP contribution in [0.2, 0.25) is 0 Å². The summed E-state index contributed by atoms with van der Waals surface area (Å²) in [5.41, 5.74) is 6.47. The van der Waals surface area contributed by atoms with Gasteiger partial charge in [0.2, 0.25) is 5.88 Å². The molecule has 1 unspecified atom stereocenters. The van der Waals surface area contributed by atoms with E-state index < -0.39 is 0 Å². The number of nitrogens with two attached hydrogens (primary N) is 1. The zero-order chi connectivity index (χ0) is 15.7. The Kier molecular flexibility index (Phi) is 3.70. The van der Waals surface area contributed by atoms with Crippen molar-refractivity contribution in [2.45, 2.75) is 12.3 Å². The molecule has 0 aliphatic heterocycles. The SMILES string of the molecule is COc1ccc([C@@H]2CC2COc2cc(N)c(=O)n(C)n2)nc1. The van der Waals surface area contributed by atoms with E-state index in [0.29, 0.717) is 24.3 Å². The van der Waals surface area contributed by atoms with Crippen LogP contribution in [0, 0.1) is 5.92 Å². The van der Waals surface area contributed by atoms with Crippen LogP contribution >= 0.6 is 0 Å². The van der Waals surface area contributed by atoms with E-state index in [0.717, 1.165) is 17.9 Å². The van der Waals surface area contributed by atoms with Gasteiger partial charge in [-0.1, -0.05) is 0 Å². The third kappa shape index (κ3) is 2.88. The van der Waals surface area contributed by atoms with Gasteiger partial charge in [-0.05, 0) is 18.6 Å². The number of aromatic nitrogens is 3. The minimum absolute atomic E-state index is 0.136. The molecule has 0 aromatic carbocycles. The van der Waals surface area contributed by atoms with Crippen molar-refractivity contribution in [3.8, 4) is 11.6 Å². The second-order valence-corrected chi connectivity index (χ2v) is 5.40. The molecule has 7 nitrogen and oxygen atoms in total. The van der Waals surface area contributed by atoms with Crippen molar-refractivity contribution in [1.29, 1.82) is 0 Å². The molecule has 22 heavy (non-hydrogen) atoms. The summed E-state index contributed by atoms with van der Waals surface area (Å²) in [7, 11) is 3.17. The Morgan fingerprint density at radius 3 is 2.91 bits per heavy atom. The molecule has 7 heteroatoms. The molecule has 0 saturated heterocycles. The minimum Gasteiger partial charge on any atom is -0.495 e. The molecule has 1 aliphatic rings. The quantitative estimate of drug-likeness (QED) is 0.884. The predicted molar refractivity (Wildman–Crippen MR) is 81.0 cm³/mol. The van der Waals surface area contributed by atoms with Crippen molar-refractivity contribution < 1.29 is 9.47 Å². The van der Waals surface area contributed by atoms with Gasteiger partial charge in [-0.15, -0.1) is 5.10 Å². The molecule has 2 aromatic rings. The van der Waals surface area contributed by atoms with E-state index in [-0.39, 0.29) is 11.2 Å². The summed E-state index contributed by atoms with van der Waals surface area (Å²) in [6.45, 7) is 0.531. The predicted octanol–water partition coefficient (Wildman–Crippen LogP) is 0.949. The fourth-order valence-electron chi connectivity index (χ4n) is 2.39. The highest BCUT2D eigenvalue weighted by atomic mass is 16.5. The molecule has 0 radical (unpaired) electrons. The first-order chi connectivity index (χ1) is 10.6. The Morgan fingerprint density at radius 1 is 1.45 bits per heavy atom. The van der Waals surface area contributed by atoms with Gasteiger partial charge in [0.1, 0.15) is 11.4 Å². The third-order valence-corrected chi connectivity index (χ3v) is 3.81. The van der Waals surface area contributed by atoms with Crippen molar-refractivity contribution in [3.05, 3.63) is 40.4 Å². The number of rotatable bonds is 5. The normalized spacial score (nSPS) is 19.7. The van der Waals surface area contributed by atoms with E-state index in [9.17, 15) is 4.79 Å². The smallest absolute Gasteiger partial charge is 0.289 e. The van der Waals surface area contributed by atoms with Gasteiger partial charge in [0.25, 0.3) is 5.56 Å². The van der Waals surface area contributed by atoms with Gasteiger partial charge in [-0.25, -0.2) is 4.68 Å². The Labute approximate surface area is 127 Å². The summed E-state index contributed by atoms with van der Waals surface area (Å²) in [5, 5.41) is 4.02. The number of nitrogens with zero attached hydrogens (tertiary/aromatic N) is 3. The van der Waals surface area contributed by atoms with Crippen LogP contribution in [-0.2, 0) is 7.05 Å². The zero-order valence-corrected chi connectivity index (χ0v) is 12.5. The lowest BCUT2D eigenvalue weighted by atomic mass is 10.2. The second-order valence-electron chi connectivity index (χ2n) is 5.40. The fraction of sp³-hybridized carbons (Fsp3) is 0.400. The molecule has 2 heterocycles. The lowest BCUT2D eigenvalue weighted by Gasteiger charge is -2.07. The number of aryl methyl sites for hydroxylation is 1. The summed E-state index contributed by atoms with van der Waals surface area (Å²) in [5.74, 6) is 1.92. The lowest BCUT2D eigenvalue weighted by Crippen LogP contribution is -2.23. The molecule has 1 saturated carbocycles. The molecule has 0 amide bonds. The minimum atomic E-state index is -0.320. The van der Waals surface area contributed by atoms with Crippen LogP contribution in [0.1, 0.15) is 18.0 Å². The highest BCUT2D eigenvalue weighted by Gasteiger charge is 2.40. The molecular formula is C15H18N4O3. The molecule has 0 bridgehead atoms. The van der Waals surface area contributed by atoms with Gasteiger partial charge in [0.15, 0.2) is 0 Å². The average Bonchev–Trinajstić information content (AvgIpc) is 3.30. The number of nitrogen functional groups attached to an aromatic ring is 1. The maximum Gasteiger partial charge on any atom is 0.289 e. The molecular weight excluding hydrogens is 284 g/mol. The zero-order valence-electron chi connectivity index (χ0n) is 12.5. The highest BCUT2D eigenvalue weighted by Crippen LogP contribution is 2.46. The largest absolute Gasteiger partial charge is 0.495 e. The molecule has 116 valence electrons. The molecule has 1 fully saturated rings. The van der Waals surface area contributed by atoms with Crippen molar-refractivity contribution in [2.75, 3.05) is 19.5 Å². The van der Waals surface area contributed by atoms with E-state index in [1.807, 2.05) is 12.1 Å². The second kappa shape index (κ2) is 5.67. The van der Waals surface area contributed by atoms with Gasteiger partial charge in [0, 0.05) is 30.6 Å². The van der Waals surface area contributed by atoms with Gasteiger partial charge in [-0.3, -0.25) is 9.78 Å². The van der Waals surface area contributed by atoms with E-state index in [4.69, 9.17) is 15.2 Å². The van der Waals surface area contributed by atoms with Gasteiger partial charge in [0.05, 0.1) is 19.9 Å². The molecule has 3 rings (SSSR count). The Bertz CT molecular complexity index is 700. The van der Waals surface area contributed by atoms with Gasteiger partial charge < -0.3 is 15.2 Å². The van der Waals surface area contributed by atoms with Crippen LogP contribution in [0.25, 0.3) is 0 Å². The highest BCUT2D eigenvalue weighted by molar-refractivity contribution is 5.37. The molecule has 0 spiro atoms. The van der Waals surface area contributed by atoms with E-state index in [1.165, 1.54) is 10.7 Å². The third-order valence-electron chi connectivity index (χ3n) is 3.81. The maximum atomic E-state index is 11.5. The number of anilines is 1. The molecule has 2 aromatic heterocycles. The first-order valence-electron chi connectivity index (χ1n) is 7.05. The topological polar surface area (TPSA) is 92.3 Å². The standard InChI is InChI=1S/C15H18N4O3/c1-19-15(20)12(16)6-14(18-19)22-8-9-5-11(9)13-4-3-10(21-2)7-17-13/h3-4,6-7,9,11H,5,8,16H2,1-2H3/t9?,11-/m1/s1. The summed E-state index contributed by atoms with van der Waals surface area (Å²) in [6, 6.07) is 5.35. The Hall–Kier alpha value is -2.57. The lowest BCUT2D eigenvalue weighted by molar-refractivity contribution is 0.278. The van der Waals surface area contributed by atoms with Gasteiger partial charge in [-0.2, -0.15) is 0 Å². The van der Waals surface area contributed by atoms with Crippen molar-refractivity contribution >= 4 is 5.69 Å². The van der Waals surface area contributed by atoms with Crippen LogP contribution < -0.4 is 20.8 Å². The van der Waals surface area contributed by atoms with E-state index >= 15 is 0 Å². The van der Waals surface area contributed by atoms with Crippen LogP contribution in [0.4, 0.5) is 5.69 Å². The molecule has 1 aliphatic carbocycles. The van der Waals surface area contributed by atoms with Crippen molar-refractivity contribution in [2.24, 2.45) is 13.0 Å². The Morgan fingerprint density at radius 2 is 2.27 bits per heavy atom. The number of methoxy groups -OCH3 is 1. The first-order valence-corrected chi connectivity index (χ1v) is 7.05. The monoisotopic (exact) mass is 302 g/mol. The Balaban J connectivity index is 1.58. The fourth-order valence-corrected chi connectivity index (χ4v) is 2.39. The number of ether oxygens (including phenoxy) is 2. The summed E-state index contributed by atoms with van der Waals surface area (Å²) < 4.78 is 11.9. The molecule has 2 atom stereocenters. The summed E-state index contributed by atoms with van der Waals surface area (Å²) in [6.07, 6.45) is 2.75. The average molecular weight is 302 g/mol. The van der Waals surface area contributed by atoms with E-state index in [2.05, 4.69) is 10.1 Å². The van der Waals surface area contributed by atoms with Crippen LogP contribution in [0.15, 0.2) is 29.2 Å². The summed E-state index contributed by atoms with van der Waals surface area (Å²) >= 11 is 0.